The first-order chi connectivity index (χ1) is 15.3. The van der Waals surface area contributed by atoms with Crippen molar-refractivity contribution in [3.05, 3.63) is 29.5 Å². The minimum Gasteiger partial charge on any atom is -0.490 e. The summed E-state index contributed by atoms with van der Waals surface area (Å²) < 4.78 is 11.7. The van der Waals surface area contributed by atoms with E-state index in [0.29, 0.717) is 34.9 Å². The van der Waals surface area contributed by atoms with Crippen molar-refractivity contribution >= 4 is 28.5 Å². The Kier molecular flexibility index (Phi) is 7.90. The minimum atomic E-state index is -1.10. The van der Waals surface area contributed by atoms with Crippen molar-refractivity contribution in [2.45, 2.75) is 65.0 Å². The van der Waals surface area contributed by atoms with Crippen LogP contribution in [0.3, 0.4) is 0 Å². The average Bonchev–Trinajstić information content (AvgIpc) is 2.72. The first-order valence-corrected chi connectivity index (χ1v) is 11.2. The predicted molar refractivity (Wildman–Crippen MR) is 123 cm³/mol. The third kappa shape index (κ3) is 5.88. The molecule has 2 aromatic rings. The van der Waals surface area contributed by atoms with Crippen LogP contribution in [0.2, 0.25) is 0 Å². The van der Waals surface area contributed by atoms with Gasteiger partial charge in [0.05, 0.1) is 28.4 Å². The number of carbonyl (C=O) groups excluding carboxylic acids is 1. The molecule has 0 atom stereocenters. The summed E-state index contributed by atoms with van der Waals surface area (Å²) in [6.07, 6.45) is 4.07. The van der Waals surface area contributed by atoms with E-state index in [1.807, 2.05) is 6.07 Å². The normalized spacial score (nSPS) is 18.6. The summed E-state index contributed by atoms with van der Waals surface area (Å²) in [5.74, 6) is -0.0850. The van der Waals surface area contributed by atoms with Gasteiger partial charge in [-0.1, -0.05) is 19.9 Å². The number of rotatable bonds is 9. The Labute approximate surface area is 188 Å². The monoisotopic (exact) mass is 443 g/mol. The van der Waals surface area contributed by atoms with E-state index >= 15 is 0 Å². The SMILES string of the molecule is Cc1nc2cccc(OC3CCC(NC(=O)COCCC(C)C)CC3)c2c(N)c1C(=O)O. The molecule has 1 aliphatic carbocycles. The zero-order valence-corrected chi connectivity index (χ0v) is 19.0. The number of nitrogens with two attached hydrogens (primary N) is 1. The van der Waals surface area contributed by atoms with Crippen molar-refractivity contribution < 1.29 is 24.2 Å². The van der Waals surface area contributed by atoms with Gasteiger partial charge in [-0.3, -0.25) is 9.78 Å². The summed E-state index contributed by atoms with van der Waals surface area (Å²) >= 11 is 0. The van der Waals surface area contributed by atoms with Crippen LogP contribution in [-0.2, 0) is 9.53 Å². The number of aryl methyl sites for hydroxylation is 1. The fourth-order valence-electron chi connectivity index (χ4n) is 4.07. The molecule has 0 spiro atoms. The second-order valence-corrected chi connectivity index (χ2v) is 8.84. The molecule has 1 aliphatic rings. The number of nitrogens with zero attached hydrogens (tertiary/aromatic N) is 1. The Morgan fingerprint density at radius 1 is 1.25 bits per heavy atom. The highest BCUT2D eigenvalue weighted by atomic mass is 16.5. The smallest absolute Gasteiger partial charge is 0.339 e. The van der Waals surface area contributed by atoms with Gasteiger partial charge in [-0.15, -0.1) is 0 Å². The number of pyridine rings is 1. The molecule has 174 valence electrons. The van der Waals surface area contributed by atoms with Gasteiger partial charge < -0.3 is 25.6 Å². The van der Waals surface area contributed by atoms with Crippen LogP contribution in [0.25, 0.3) is 10.9 Å². The highest BCUT2D eigenvalue weighted by molar-refractivity contribution is 6.06. The van der Waals surface area contributed by atoms with Gasteiger partial charge in [0.2, 0.25) is 5.91 Å². The van der Waals surface area contributed by atoms with Crippen LogP contribution in [0.4, 0.5) is 5.69 Å². The highest BCUT2D eigenvalue weighted by Gasteiger charge is 2.25. The van der Waals surface area contributed by atoms with Gasteiger partial charge in [0, 0.05) is 12.6 Å². The van der Waals surface area contributed by atoms with Crippen molar-refractivity contribution in [2.75, 3.05) is 18.9 Å². The molecule has 0 bridgehead atoms. The van der Waals surface area contributed by atoms with Crippen LogP contribution in [0.5, 0.6) is 5.75 Å². The Hall–Kier alpha value is -2.87. The first kappa shape index (κ1) is 23.8. The molecular formula is C24H33N3O5. The predicted octanol–water partition coefficient (Wildman–Crippen LogP) is 3.69. The zero-order chi connectivity index (χ0) is 23.3. The number of aromatic carboxylic acids is 1. The van der Waals surface area contributed by atoms with E-state index in [4.69, 9.17) is 15.2 Å². The van der Waals surface area contributed by atoms with Crippen molar-refractivity contribution in [2.24, 2.45) is 5.92 Å². The van der Waals surface area contributed by atoms with Gasteiger partial charge in [-0.2, -0.15) is 0 Å². The lowest BCUT2D eigenvalue weighted by molar-refractivity contribution is -0.126. The largest absolute Gasteiger partial charge is 0.490 e. The van der Waals surface area contributed by atoms with Crippen LogP contribution >= 0.6 is 0 Å². The molecule has 1 saturated carbocycles. The zero-order valence-electron chi connectivity index (χ0n) is 19.0. The number of nitrogens with one attached hydrogen (secondary N) is 1. The molecular weight excluding hydrogens is 410 g/mol. The molecule has 8 heteroatoms. The highest BCUT2D eigenvalue weighted by Crippen LogP contribution is 2.35. The number of benzene rings is 1. The summed E-state index contributed by atoms with van der Waals surface area (Å²) in [4.78, 5) is 28.1. The summed E-state index contributed by atoms with van der Waals surface area (Å²) in [7, 11) is 0. The summed E-state index contributed by atoms with van der Waals surface area (Å²) in [6, 6.07) is 5.53. The van der Waals surface area contributed by atoms with Crippen molar-refractivity contribution in [3.8, 4) is 5.75 Å². The lowest BCUT2D eigenvalue weighted by Gasteiger charge is -2.30. The Bertz CT molecular complexity index is 968. The van der Waals surface area contributed by atoms with Gasteiger partial charge >= 0.3 is 5.97 Å². The lowest BCUT2D eigenvalue weighted by Crippen LogP contribution is -2.41. The number of carboxylic acid groups (broad SMARTS) is 1. The van der Waals surface area contributed by atoms with Crippen molar-refractivity contribution in [1.82, 2.24) is 10.3 Å². The molecule has 1 heterocycles. The second kappa shape index (κ2) is 10.6. The van der Waals surface area contributed by atoms with Crippen LogP contribution in [0.1, 0.15) is 62.0 Å². The van der Waals surface area contributed by atoms with Crippen molar-refractivity contribution in [3.63, 3.8) is 0 Å². The second-order valence-electron chi connectivity index (χ2n) is 8.84. The molecule has 0 aliphatic heterocycles. The van der Waals surface area contributed by atoms with E-state index in [1.165, 1.54) is 0 Å². The Morgan fingerprint density at radius 3 is 2.62 bits per heavy atom. The molecule has 1 amide bonds. The average molecular weight is 444 g/mol. The third-order valence-electron chi connectivity index (χ3n) is 5.81. The standard InChI is InChI=1S/C24H33N3O5/c1-14(2)11-12-31-13-20(28)27-16-7-9-17(10-8-16)32-19-6-4-5-18-22(19)23(25)21(24(29)30)15(3)26-18/h4-6,14,16-17H,7-13H2,1-3H3,(H2,25,26)(H,27,28)(H,29,30). The molecule has 0 unspecified atom stereocenters. The number of anilines is 1. The topological polar surface area (TPSA) is 124 Å². The summed E-state index contributed by atoms with van der Waals surface area (Å²) in [5.41, 5.74) is 7.39. The molecule has 4 N–H and O–H groups in total. The van der Waals surface area contributed by atoms with Crippen LogP contribution in [0.15, 0.2) is 18.2 Å². The number of aromatic nitrogens is 1. The summed E-state index contributed by atoms with van der Waals surface area (Å²) in [5, 5.41) is 13.1. The molecule has 8 nitrogen and oxygen atoms in total. The Morgan fingerprint density at radius 2 is 1.97 bits per heavy atom. The van der Waals surface area contributed by atoms with E-state index < -0.39 is 5.97 Å². The van der Waals surface area contributed by atoms with E-state index in [0.717, 1.165) is 32.1 Å². The van der Waals surface area contributed by atoms with Crippen LogP contribution in [0, 0.1) is 12.8 Å². The number of carbonyl (C=O) groups is 2. The van der Waals surface area contributed by atoms with Gasteiger partial charge in [-0.25, -0.2) is 4.79 Å². The van der Waals surface area contributed by atoms with E-state index in [1.54, 1.807) is 19.1 Å². The number of ether oxygens (including phenoxy) is 2. The van der Waals surface area contributed by atoms with Crippen LogP contribution in [-0.4, -0.2) is 47.3 Å². The number of amides is 1. The Balaban J connectivity index is 1.58. The molecule has 1 aromatic heterocycles. The number of carboxylic acids is 1. The van der Waals surface area contributed by atoms with Crippen LogP contribution < -0.4 is 15.8 Å². The summed E-state index contributed by atoms with van der Waals surface area (Å²) in [6.45, 7) is 6.57. The number of fused-ring (bicyclic) bond motifs is 1. The van der Waals surface area contributed by atoms with E-state index in [-0.39, 0.29) is 35.9 Å². The number of hydrogen-bond acceptors (Lipinski definition) is 6. The molecule has 1 aromatic carbocycles. The van der Waals surface area contributed by atoms with Gasteiger partial charge in [0.15, 0.2) is 0 Å². The third-order valence-corrected chi connectivity index (χ3v) is 5.81. The molecule has 3 rings (SSSR count). The quantitative estimate of drug-likeness (QED) is 0.505. The molecule has 1 fully saturated rings. The number of hydrogen-bond donors (Lipinski definition) is 3. The molecule has 0 saturated heterocycles. The van der Waals surface area contributed by atoms with E-state index in [9.17, 15) is 14.7 Å². The number of nitrogen functional groups attached to an aromatic ring is 1. The maximum Gasteiger partial charge on any atom is 0.339 e. The van der Waals surface area contributed by atoms with Gasteiger partial charge in [0.1, 0.15) is 17.9 Å². The molecule has 0 radical (unpaired) electrons. The lowest BCUT2D eigenvalue weighted by atomic mass is 9.93. The fourth-order valence-corrected chi connectivity index (χ4v) is 4.07. The minimum absolute atomic E-state index is 0.00980. The maximum absolute atomic E-state index is 12.1. The fraction of sp³-hybridized carbons (Fsp3) is 0.542. The molecule has 32 heavy (non-hydrogen) atoms. The van der Waals surface area contributed by atoms with Gasteiger partial charge in [0.25, 0.3) is 0 Å². The van der Waals surface area contributed by atoms with E-state index in [2.05, 4.69) is 24.1 Å². The maximum atomic E-state index is 12.1. The van der Waals surface area contributed by atoms with Gasteiger partial charge in [-0.05, 0) is 57.1 Å². The van der Waals surface area contributed by atoms with Crippen molar-refractivity contribution in [1.29, 1.82) is 0 Å². The first-order valence-electron chi connectivity index (χ1n) is 11.2.